The predicted molar refractivity (Wildman–Crippen MR) is 124 cm³/mol. The Balaban J connectivity index is 1.81. The van der Waals surface area contributed by atoms with Crippen LogP contribution in [0.4, 0.5) is 0 Å². The molecule has 29 heavy (non-hydrogen) atoms. The summed E-state index contributed by atoms with van der Waals surface area (Å²) in [4.78, 5) is 5.88. The van der Waals surface area contributed by atoms with Crippen LogP contribution in [0, 0.1) is 11.3 Å². The highest BCUT2D eigenvalue weighted by Gasteiger charge is 2.17. The second-order valence-corrected chi connectivity index (χ2v) is 8.97. The summed E-state index contributed by atoms with van der Waals surface area (Å²) in [5.74, 6) is 0.634. The van der Waals surface area contributed by atoms with E-state index in [0.717, 1.165) is 27.3 Å². The smallest absolute Gasteiger partial charge is 0.116 e. The fourth-order valence-corrected chi connectivity index (χ4v) is 5.00. The number of aromatic nitrogens is 1. The van der Waals surface area contributed by atoms with Crippen LogP contribution in [-0.2, 0) is 5.75 Å². The molecule has 2 aromatic heterocycles. The first kappa shape index (κ1) is 20.0. The first-order valence-electron chi connectivity index (χ1n) is 8.77. The van der Waals surface area contributed by atoms with Crippen molar-refractivity contribution in [3.63, 3.8) is 0 Å². The second-order valence-electron chi connectivity index (χ2n) is 6.21. The van der Waals surface area contributed by atoms with Gasteiger partial charge in [-0.3, -0.25) is 0 Å². The monoisotopic (exact) mass is 452 g/mol. The first-order chi connectivity index (χ1) is 14.2. The molecule has 142 valence electrons. The molecule has 4 rings (SSSR count). The van der Waals surface area contributed by atoms with E-state index in [2.05, 4.69) is 6.07 Å². The van der Waals surface area contributed by atoms with E-state index >= 15 is 0 Å². The van der Waals surface area contributed by atoms with E-state index in [1.165, 1.54) is 11.8 Å². The number of nitrogens with zero attached hydrogens (tertiary/aromatic N) is 2. The largest absolute Gasteiger partial charge is 0.239 e. The Kier molecular flexibility index (Phi) is 6.22. The zero-order chi connectivity index (χ0) is 20.2. The summed E-state index contributed by atoms with van der Waals surface area (Å²) in [5, 5.41) is 14.0. The maximum absolute atomic E-state index is 9.94. The Bertz CT molecular complexity index is 1180. The van der Waals surface area contributed by atoms with Crippen LogP contribution in [0.5, 0.6) is 0 Å². The van der Waals surface area contributed by atoms with Gasteiger partial charge in [0.25, 0.3) is 0 Å². The normalized spacial score (nSPS) is 10.7. The van der Waals surface area contributed by atoms with E-state index in [1.807, 2.05) is 72.1 Å². The summed E-state index contributed by atoms with van der Waals surface area (Å²) in [6.45, 7) is 0. The Morgan fingerprint density at radius 3 is 2.48 bits per heavy atom. The van der Waals surface area contributed by atoms with Gasteiger partial charge >= 0.3 is 0 Å². The van der Waals surface area contributed by atoms with Gasteiger partial charge in [0.1, 0.15) is 11.1 Å². The summed E-state index contributed by atoms with van der Waals surface area (Å²) in [7, 11) is 0. The van der Waals surface area contributed by atoms with E-state index in [-0.39, 0.29) is 0 Å². The molecule has 6 heteroatoms. The van der Waals surface area contributed by atoms with Crippen molar-refractivity contribution in [3.8, 4) is 27.8 Å². The molecule has 0 aliphatic rings. The van der Waals surface area contributed by atoms with Gasteiger partial charge in [-0.2, -0.15) is 5.26 Å². The molecule has 0 aliphatic carbocycles. The number of pyridine rings is 1. The minimum atomic E-state index is 0.560. The molecule has 4 aromatic rings. The Morgan fingerprint density at radius 2 is 1.79 bits per heavy atom. The molecule has 0 radical (unpaired) electrons. The minimum Gasteiger partial charge on any atom is -0.239 e. The predicted octanol–water partition coefficient (Wildman–Crippen LogP) is 7.95. The number of benzene rings is 2. The van der Waals surface area contributed by atoms with Crippen LogP contribution in [-0.4, -0.2) is 4.98 Å². The van der Waals surface area contributed by atoms with Crippen molar-refractivity contribution >= 4 is 46.3 Å². The van der Waals surface area contributed by atoms with Gasteiger partial charge in [0.05, 0.1) is 16.1 Å². The molecular weight excluding hydrogens is 439 g/mol. The molecule has 0 spiro atoms. The zero-order valence-electron chi connectivity index (χ0n) is 15.1. The van der Waals surface area contributed by atoms with Gasteiger partial charge in [0.2, 0.25) is 0 Å². The van der Waals surface area contributed by atoms with Crippen LogP contribution >= 0.6 is 46.3 Å². The van der Waals surface area contributed by atoms with Gasteiger partial charge in [0.15, 0.2) is 0 Å². The van der Waals surface area contributed by atoms with E-state index in [9.17, 15) is 5.26 Å². The van der Waals surface area contributed by atoms with E-state index in [1.54, 1.807) is 11.3 Å². The minimum absolute atomic E-state index is 0.560. The molecule has 0 aliphatic heterocycles. The maximum atomic E-state index is 9.94. The van der Waals surface area contributed by atoms with Crippen molar-refractivity contribution in [1.29, 1.82) is 5.26 Å². The van der Waals surface area contributed by atoms with Crippen molar-refractivity contribution in [2.45, 2.75) is 10.8 Å². The molecule has 0 atom stereocenters. The molecule has 2 aromatic carbocycles. The third kappa shape index (κ3) is 4.49. The van der Waals surface area contributed by atoms with Gasteiger partial charge in [-0.1, -0.05) is 59.6 Å². The van der Waals surface area contributed by atoms with Gasteiger partial charge in [-0.15, -0.1) is 23.1 Å². The topological polar surface area (TPSA) is 36.7 Å². The standard InChI is InChI=1S/C23H14Cl2N2S2/c24-17-9-7-15(8-10-17)18-12-21(22-6-3-11-28-22)27-23(19(18)13-26)29-14-16-4-1-2-5-20(16)25/h1-12H,14H2. The summed E-state index contributed by atoms with van der Waals surface area (Å²) in [6.07, 6.45) is 0. The Morgan fingerprint density at radius 1 is 1.00 bits per heavy atom. The lowest BCUT2D eigenvalue weighted by Gasteiger charge is -2.12. The fraction of sp³-hybridized carbons (Fsp3) is 0.0435. The molecule has 0 saturated carbocycles. The van der Waals surface area contributed by atoms with Crippen molar-refractivity contribution in [3.05, 3.63) is 93.3 Å². The highest BCUT2D eigenvalue weighted by molar-refractivity contribution is 7.98. The number of halogens is 2. The Hall–Kier alpha value is -2.29. The first-order valence-corrected chi connectivity index (χ1v) is 11.4. The summed E-state index contributed by atoms with van der Waals surface area (Å²) in [5.41, 5.74) is 4.21. The van der Waals surface area contributed by atoms with Crippen LogP contribution in [0.3, 0.4) is 0 Å². The SMILES string of the molecule is N#Cc1c(-c2ccc(Cl)cc2)cc(-c2cccs2)nc1SCc1ccccc1Cl. The third-order valence-electron chi connectivity index (χ3n) is 4.35. The maximum Gasteiger partial charge on any atom is 0.116 e. The van der Waals surface area contributed by atoms with Crippen LogP contribution in [0.1, 0.15) is 11.1 Å². The molecule has 0 N–H and O–H groups in total. The number of nitriles is 1. The number of rotatable bonds is 5. The average molecular weight is 453 g/mol. The lowest BCUT2D eigenvalue weighted by molar-refractivity contribution is 1.12. The number of hydrogen-bond donors (Lipinski definition) is 0. The van der Waals surface area contributed by atoms with Crippen molar-refractivity contribution in [2.24, 2.45) is 0 Å². The second kappa shape index (κ2) is 9.02. The van der Waals surface area contributed by atoms with Crippen molar-refractivity contribution in [2.75, 3.05) is 0 Å². The van der Waals surface area contributed by atoms with Crippen LogP contribution < -0.4 is 0 Å². The Labute approximate surface area is 187 Å². The molecule has 0 bridgehead atoms. The lowest BCUT2D eigenvalue weighted by atomic mass is 10.0. The summed E-state index contributed by atoms with van der Waals surface area (Å²) in [6, 6.07) is 23.6. The molecule has 0 fully saturated rings. The average Bonchev–Trinajstić information content (AvgIpc) is 3.28. The van der Waals surface area contributed by atoms with Gasteiger partial charge in [-0.25, -0.2) is 4.98 Å². The molecule has 0 unspecified atom stereocenters. The number of thiophene rings is 1. The van der Waals surface area contributed by atoms with Gasteiger partial charge in [-0.05, 0) is 46.8 Å². The van der Waals surface area contributed by atoms with Crippen molar-refractivity contribution < 1.29 is 0 Å². The van der Waals surface area contributed by atoms with Crippen LogP contribution in [0.25, 0.3) is 21.7 Å². The molecular formula is C23H14Cl2N2S2. The van der Waals surface area contributed by atoms with E-state index < -0.39 is 0 Å². The molecule has 2 nitrogen and oxygen atoms in total. The molecule has 0 amide bonds. The molecule has 0 saturated heterocycles. The zero-order valence-corrected chi connectivity index (χ0v) is 18.2. The highest BCUT2D eigenvalue weighted by Crippen LogP contribution is 2.37. The van der Waals surface area contributed by atoms with Crippen LogP contribution in [0.15, 0.2) is 77.1 Å². The van der Waals surface area contributed by atoms with Crippen LogP contribution in [0.2, 0.25) is 10.0 Å². The van der Waals surface area contributed by atoms with Gasteiger partial charge in [0, 0.05) is 21.4 Å². The van der Waals surface area contributed by atoms with E-state index in [0.29, 0.717) is 26.4 Å². The molecule has 2 heterocycles. The lowest BCUT2D eigenvalue weighted by Crippen LogP contribution is -1.96. The van der Waals surface area contributed by atoms with Crippen molar-refractivity contribution in [1.82, 2.24) is 4.98 Å². The van der Waals surface area contributed by atoms with Gasteiger partial charge < -0.3 is 0 Å². The summed E-state index contributed by atoms with van der Waals surface area (Å²) >= 11 is 15.5. The van der Waals surface area contributed by atoms with E-state index in [4.69, 9.17) is 28.2 Å². The number of thioether (sulfide) groups is 1. The quantitative estimate of drug-likeness (QED) is 0.288. The third-order valence-corrected chi connectivity index (χ3v) is 6.89. The highest BCUT2D eigenvalue weighted by atomic mass is 35.5. The number of hydrogen-bond acceptors (Lipinski definition) is 4. The fourth-order valence-electron chi connectivity index (χ4n) is 2.90. The summed E-state index contributed by atoms with van der Waals surface area (Å²) < 4.78 is 0.